The van der Waals surface area contributed by atoms with Crippen LogP contribution in [0.1, 0.15) is 55.5 Å². The molecule has 2 heterocycles. The van der Waals surface area contributed by atoms with Crippen LogP contribution in [0.3, 0.4) is 0 Å². The first-order chi connectivity index (χ1) is 15.2. The molecule has 1 aromatic carbocycles. The van der Waals surface area contributed by atoms with Crippen molar-refractivity contribution in [1.29, 1.82) is 0 Å². The Balaban J connectivity index is 1.48. The predicted molar refractivity (Wildman–Crippen MR) is 123 cm³/mol. The second-order valence-electron chi connectivity index (χ2n) is 8.52. The molecule has 0 unspecified atom stereocenters. The molecular weight excluding hydrogens is 408 g/mol. The van der Waals surface area contributed by atoms with Crippen molar-refractivity contribution in [3.8, 4) is 5.75 Å². The highest BCUT2D eigenvalue weighted by atomic mass is 32.1. The van der Waals surface area contributed by atoms with Crippen molar-refractivity contribution in [2.45, 2.75) is 51.5 Å². The Bertz CT molecular complexity index is 876. The molecule has 0 bridgehead atoms. The van der Waals surface area contributed by atoms with Crippen LogP contribution >= 0.6 is 11.3 Å². The summed E-state index contributed by atoms with van der Waals surface area (Å²) in [5.74, 6) is 1.10. The fourth-order valence-corrected chi connectivity index (χ4v) is 5.72. The van der Waals surface area contributed by atoms with Crippen molar-refractivity contribution in [3.05, 3.63) is 52.2 Å². The second-order valence-corrected chi connectivity index (χ2v) is 9.52. The molecule has 2 aliphatic rings. The van der Waals surface area contributed by atoms with E-state index in [-0.39, 0.29) is 30.3 Å². The van der Waals surface area contributed by atoms with Gasteiger partial charge in [-0.25, -0.2) is 0 Å². The van der Waals surface area contributed by atoms with E-state index in [4.69, 9.17) is 4.74 Å². The lowest BCUT2D eigenvalue weighted by atomic mass is 10.00. The van der Waals surface area contributed by atoms with Gasteiger partial charge in [0.2, 0.25) is 11.8 Å². The van der Waals surface area contributed by atoms with Gasteiger partial charge in [0.25, 0.3) is 0 Å². The number of carbonyl (C=O) groups excluding carboxylic acids is 2. The van der Waals surface area contributed by atoms with Gasteiger partial charge in [-0.3, -0.25) is 9.59 Å². The van der Waals surface area contributed by atoms with E-state index in [0.717, 1.165) is 44.3 Å². The Kier molecular flexibility index (Phi) is 7.28. The van der Waals surface area contributed by atoms with Gasteiger partial charge in [0.15, 0.2) is 0 Å². The predicted octanol–water partition coefficient (Wildman–Crippen LogP) is 4.68. The summed E-state index contributed by atoms with van der Waals surface area (Å²) < 4.78 is 6.06. The molecule has 4 rings (SSSR count). The number of fused-ring (bicyclic) bond motifs is 1. The van der Waals surface area contributed by atoms with E-state index < -0.39 is 0 Å². The van der Waals surface area contributed by atoms with Gasteiger partial charge in [0, 0.05) is 23.9 Å². The summed E-state index contributed by atoms with van der Waals surface area (Å²) >= 11 is 1.75. The number of hydrogen-bond acceptors (Lipinski definition) is 4. The van der Waals surface area contributed by atoms with E-state index >= 15 is 0 Å². The SMILES string of the molecule is CCCN(CC(=O)N1CCc2sccc2[C@@H]1COc1ccccc1)C(=O)C1CCCC1. The third-order valence-electron chi connectivity index (χ3n) is 6.40. The molecule has 1 aliphatic heterocycles. The normalized spacial score (nSPS) is 18.6. The summed E-state index contributed by atoms with van der Waals surface area (Å²) in [5.41, 5.74) is 1.18. The third-order valence-corrected chi connectivity index (χ3v) is 7.40. The van der Waals surface area contributed by atoms with Crippen LogP contribution in [-0.2, 0) is 16.0 Å². The smallest absolute Gasteiger partial charge is 0.242 e. The van der Waals surface area contributed by atoms with Crippen LogP contribution in [0.15, 0.2) is 41.8 Å². The molecule has 5 nitrogen and oxygen atoms in total. The number of para-hydroxylation sites is 1. The summed E-state index contributed by atoms with van der Waals surface area (Å²) in [6.45, 7) is 3.97. The van der Waals surface area contributed by atoms with Crippen LogP contribution in [-0.4, -0.2) is 47.9 Å². The van der Waals surface area contributed by atoms with E-state index in [1.807, 2.05) is 35.2 Å². The second kappa shape index (κ2) is 10.3. The van der Waals surface area contributed by atoms with Gasteiger partial charge in [-0.05, 0) is 54.8 Å². The molecule has 1 atom stereocenters. The minimum Gasteiger partial charge on any atom is -0.491 e. The number of nitrogens with zero attached hydrogens (tertiary/aromatic N) is 2. The Morgan fingerprint density at radius 1 is 1.16 bits per heavy atom. The molecule has 0 spiro atoms. The molecule has 2 amide bonds. The minimum absolute atomic E-state index is 0.0262. The van der Waals surface area contributed by atoms with Gasteiger partial charge in [-0.1, -0.05) is 38.0 Å². The highest BCUT2D eigenvalue weighted by Crippen LogP contribution is 2.34. The zero-order valence-corrected chi connectivity index (χ0v) is 19.1. The number of hydrogen-bond donors (Lipinski definition) is 0. The molecule has 0 N–H and O–H groups in total. The first-order valence-electron chi connectivity index (χ1n) is 11.5. The molecule has 166 valence electrons. The zero-order valence-electron chi connectivity index (χ0n) is 18.3. The number of rotatable bonds is 8. The van der Waals surface area contributed by atoms with Gasteiger partial charge >= 0.3 is 0 Å². The number of carbonyl (C=O) groups is 2. The Hall–Kier alpha value is -2.34. The molecule has 1 aromatic heterocycles. The van der Waals surface area contributed by atoms with Crippen LogP contribution in [0.2, 0.25) is 0 Å². The molecular formula is C25H32N2O3S. The molecule has 1 saturated carbocycles. The molecule has 1 fully saturated rings. The number of benzene rings is 1. The topological polar surface area (TPSA) is 49.9 Å². The molecule has 31 heavy (non-hydrogen) atoms. The zero-order chi connectivity index (χ0) is 21.6. The van der Waals surface area contributed by atoms with E-state index in [1.54, 1.807) is 16.2 Å². The highest BCUT2D eigenvalue weighted by molar-refractivity contribution is 7.10. The summed E-state index contributed by atoms with van der Waals surface area (Å²) in [5, 5.41) is 2.10. The minimum atomic E-state index is -0.118. The third kappa shape index (κ3) is 5.12. The van der Waals surface area contributed by atoms with Crippen molar-refractivity contribution >= 4 is 23.2 Å². The Labute approximate surface area is 189 Å². The van der Waals surface area contributed by atoms with Crippen molar-refractivity contribution in [1.82, 2.24) is 9.80 Å². The van der Waals surface area contributed by atoms with Crippen LogP contribution in [0.4, 0.5) is 0 Å². The van der Waals surface area contributed by atoms with Crippen molar-refractivity contribution in [3.63, 3.8) is 0 Å². The summed E-state index contributed by atoms with van der Waals surface area (Å²) in [6, 6.07) is 11.7. The van der Waals surface area contributed by atoms with Crippen LogP contribution in [0, 0.1) is 5.92 Å². The Morgan fingerprint density at radius 2 is 1.94 bits per heavy atom. The molecule has 0 saturated heterocycles. The molecule has 2 aromatic rings. The van der Waals surface area contributed by atoms with Crippen molar-refractivity contribution < 1.29 is 14.3 Å². The summed E-state index contributed by atoms with van der Waals surface area (Å²) in [6.07, 6.45) is 5.89. The lowest BCUT2D eigenvalue weighted by molar-refractivity contribution is -0.144. The van der Waals surface area contributed by atoms with Crippen LogP contribution in [0.5, 0.6) is 5.75 Å². The van der Waals surface area contributed by atoms with E-state index in [9.17, 15) is 9.59 Å². The molecule has 1 aliphatic carbocycles. The maximum Gasteiger partial charge on any atom is 0.242 e. The van der Waals surface area contributed by atoms with Crippen LogP contribution in [0.25, 0.3) is 0 Å². The van der Waals surface area contributed by atoms with Gasteiger partial charge in [-0.2, -0.15) is 0 Å². The number of thiophene rings is 1. The maximum absolute atomic E-state index is 13.4. The molecule has 0 radical (unpaired) electrons. The van der Waals surface area contributed by atoms with Crippen molar-refractivity contribution in [2.75, 3.05) is 26.2 Å². The standard InChI is InChI=1S/C25H32N2O3S/c1-2-14-26(25(29)19-8-6-7-9-19)17-24(28)27-15-12-23-21(13-16-31-23)22(27)18-30-20-10-4-3-5-11-20/h3-5,10-11,13,16,19,22H,2,6-9,12,14-15,17-18H2,1H3/t22-/m0/s1. The number of amides is 2. The maximum atomic E-state index is 13.4. The van der Waals surface area contributed by atoms with Crippen molar-refractivity contribution in [2.24, 2.45) is 5.92 Å². The lowest BCUT2D eigenvalue weighted by Crippen LogP contribution is -2.48. The summed E-state index contributed by atoms with van der Waals surface area (Å²) in [4.78, 5) is 31.5. The first-order valence-corrected chi connectivity index (χ1v) is 12.4. The Morgan fingerprint density at radius 3 is 2.68 bits per heavy atom. The van der Waals surface area contributed by atoms with Gasteiger partial charge in [0.05, 0.1) is 12.6 Å². The van der Waals surface area contributed by atoms with E-state index in [0.29, 0.717) is 19.7 Å². The fraction of sp³-hybridized carbons (Fsp3) is 0.520. The molecule has 6 heteroatoms. The number of ether oxygens (including phenoxy) is 1. The van der Waals surface area contributed by atoms with Crippen LogP contribution < -0.4 is 4.74 Å². The monoisotopic (exact) mass is 440 g/mol. The lowest BCUT2D eigenvalue weighted by Gasteiger charge is -2.37. The average Bonchev–Trinajstić information content (AvgIpc) is 3.49. The quantitative estimate of drug-likeness (QED) is 0.599. The fourth-order valence-electron chi connectivity index (χ4n) is 4.79. The van der Waals surface area contributed by atoms with Gasteiger partial charge in [0.1, 0.15) is 12.4 Å². The summed E-state index contributed by atoms with van der Waals surface area (Å²) in [7, 11) is 0. The first kappa shape index (κ1) is 21.9. The van der Waals surface area contributed by atoms with Gasteiger partial charge in [-0.15, -0.1) is 11.3 Å². The van der Waals surface area contributed by atoms with Gasteiger partial charge < -0.3 is 14.5 Å². The highest BCUT2D eigenvalue weighted by Gasteiger charge is 2.34. The average molecular weight is 441 g/mol. The van der Waals surface area contributed by atoms with E-state index in [2.05, 4.69) is 18.4 Å². The largest absolute Gasteiger partial charge is 0.491 e. The van der Waals surface area contributed by atoms with E-state index in [1.165, 1.54) is 10.4 Å².